The molecule has 4 aromatic rings. The summed E-state index contributed by atoms with van der Waals surface area (Å²) >= 11 is 0. The van der Waals surface area contributed by atoms with Crippen molar-refractivity contribution in [1.82, 2.24) is 9.97 Å². The number of hydrogen-bond acceptors (Lipinski definition) is 3. The number of H-pyrrole nitrogens is 1. The van der Waals surface area contributed by atoms with E-state index in [0.717, 1.165) is 45.7 Å². The molecule has 1 heterocycles. The first-order valence-electron chi connectivity index (χ1n) is 9.65. The van der Waals surface area contributed by atoms with Gasteiger partial charge < -0.3 is 15.5 Å². The number of hydrogen-bond donors (Lipinski definition) is 2. The molecule has 0 aliphatic heterocycles. The molecule has 0 atom stereocenters. The van der Waals surface area contributed by atoms with E-state index in [1.54, 1.807) is 0 Å². The third-order valence-electron chi connectivity index (χ3n) is 4.79. The summed E-state index contributed by atoms with van der Waals surface area (Å²) < 4.78 is 6.25. The number of ether oxygens (including phenoxy) is 1. The number of nitrogens with one attached hydrogen (secondary N) is 1. The highest BCUT2D eigenvalue weighted by molar-refractivity contribution is 5.85. The van der Waals surface area contributed by atoms with Crippen LogP contribution in [-0.2, 0) is 0 Å². The molecular formula is C24H25N3O. The number of para-hydroxylation sites is 3. The second kappa shape index (κ2) is 7.87. The van der Waals surface area contributed by atoms with E-state index in [2.05, 4.69) is 55.2 Å². The lowest BCUT2D eigenvalue weighted by Crippen LogP contribution is -2.07. The van der Waals surface area contributed by atoms with Crippen LogP contribution >= 0.6 is 0 Å². The fraction of sp³-hybridized carbons (Fsp3) is 0.208. The molecule has 4 heteroatoms. The Bertz CT molecular complexity index is 1060. The third kappa shape index (κ3) is 3.64. The van der Waals surface area contributed by atoms with Gasteiger partial charge in [0.1, 0.15) is 11.6 Å². The Labute approximate surface area is 165 Å². The molecule has 3 aromatic carbocycles. The molecule has 142 valence electrons. The van der Waals surface area contributed by atoms with Gasteiger partial charge in [-0.2, -0.15) is 0 Å². The minimum Gasteiger partial charge on any atom is -0.492 e. The summed E-state index contributed by atoms with van der Waals surface area (Å²) in [4.78, 5) is 8.21. The number of rotatable bonds is 6. The summed E-state index contributed by atoms with van der Waals surface area (Å²) in [7, 11) is 0. The van der Waals surface area contributed by atoms with Crippen LogP contribution in [0, 0.1) is 13.8 Å². The number of aromatic nitrogens is 2. The van der Waals surface area contributed by atoms with Crippen molar-refractivity contribution < 1.29 is 4.74 Å². The van der Waals surface area contributed by atoms with Crippen LogP contribution in [0.1, 0.15) is 17.5 Å². The normalized spacial score (nSPS) is 11.1. The highest BCUT2D eigenvalue weighted by Gasteiger charge is 2.16. The molecule has 0 saturated carbocycles. The van der Waals surface area contributed by atoms with E-state index < -0.39 is 0 Å². The second-order valence-electron chi connectivity index (χ2n) is 7.15. The molecule has 1 aromatic heterocycles. The summed E-state index contributed by atoms with van der Waals surface area (Å²) in [6.07, 6.45) is 0.806. The number of nitrogens with zero attached hydrogens (tertiary/aromatic N) is 1. The lowest BCUT2D eigenvalue weighted by Gasteiger charge is -2.16. The number of fused-ring (bicyclic) bond motifs is 1. The number of aryl methyl sites for hydroxylation is 2. The van der Waals surface area contributed by atoms with Crippen LogP contribution in [0.5, 0.6) is 5.75 Å². The Balaban J connectivity index is 1.87. The Kier molecular flexibility index (Phi) is 5.13. The van der Waals surface area contributed by atoms with Crippen molar-refractivity contribution in [3.05, 3.63) is 71.8 Å². The monoisotopic (exact) mass is 371 g/mol. The SMILES string of the molecule is Cc1cc(C)cc(-c2cccc(-c3nc4ccccc4[nH]3)c2OCCCN)c1. The average Bonchev–Trinajstić information content (AvgIpc) is 3.11. The van der Waals surface area contributed by atoms with Gasteiger partial charge in [0.05, 0.1) is 23.2 Å². The van der Waals surface area contributed by atoms with E-state index >= 15 is 0 Å². The average molecular weight is 371 g/mol. The number of benzene rings is 3. The predicted molar refractivity (Wildman–Crippen MR) is 116 cm³/mol. The molecule has 0 aliphatic rings. The Morgan fingerprint density at radius 1 is 0.929 bits per heavy atom. The maximum atomic E-state index is 6.25. The molecule has 0 bridgehead atoms. The molecule has 4 rings (SSSR count). The summed E-state index contributed by atoms with van der Waals surface area (Å²) in [6, 6.07) is 20.9. The van der Waals surface area contributed by atoms with Gasteiger partial charge in [-0.3, -0.25) is 0 Å². The lowest BCUT2D eigenvalue weighted by atomic mass is 9.97. The van der Waals surface area contributed by atoms with Gasteiger partial charge in [0.2, 0.25) is 0 Å². The molecule has 0 amide bonds. The number of nitrogens with two attached hydrogens (primary N) is 1. The molecular weight excluding hydrogens is 346 g/mol. The van der Waals surface area contributed by atoms with Gasteiger partial charge in [0, 0.05) is 5.56 Å². The van der Waals surface area contributed by atoms with Gasteiger partial charge in [0.15, 0.2) is 0 Å². The highest BCUT2D eigenvalue weighted by atomic mass is 16.5. The van der Waals surface area contributed by atoms with Crippen molar-refractivity contribution in [1.29, 1.82) is 0 Å². The fourth-order valence-corrected chi connectivity index (χ4v) is 3.57. The first kappa shape index (κ1) is 18.3. The lowest BCUT2D eigenvalue weighted by molar-refractivity contribution is 0.316. The van der Waals surface area contributed by atoms with Gasteiger partial charge in [-0.1, -0.05) is 53.6 Å². The van der Waals surface area contributed by atoms with Crippen molar-refractivity contribution in [2.75, 3.05) is 13.2 Å². The largest absolute Gasteiger partial charge is 0.492 e. The van der Waals surface area contributed by atoms with Crippen molar-refractivity contribution in [3.8, 4) is 28.3 Å². The molecule has 0 saturated heterocycles. The van der Waals surface area contributed by atoms with Crippen LogP contribution in [0.4, 0.5) is 0 Å². The van der Waals surface area contributed by atoms with Crippen LogP contribution in [0.2, 0.25) is 0 Å². The van der Waals surface area contributed by atoms with Crippen molar-refractivity contribution in [2.24, 2.45) is 5.73 Å². The van der Waals surface area contributed by atoms with Crippen LogP contribution in [-0.4, -0.2) is 23.1 Å². The maximum Gasteiger partial charge on any atom is 0.142 e. The molecule has 0 aliphatic carbocycles. The summed E-state index contributed by atoms with van der Waals surface area (Å²) in [6.45, 7) is 5.42. The van der Waals surface area contributed by atoms with Crippen molar-refractivity contribution in [2.45, 2.75) is 20.3 Å². The summed E-state index contributed by atoms with van der Waals surface area (Å²) in [5.74, 6) is 1.66. The van der Waals surface area contributed by atoms with Crippen molar-refractivity contribution >= 4 is 11.0 Å². The third-order valence-corrected chi connectivity index (χ3v) is 4.79. The zero-order valence-electron chi connectivity index (χ0n) is 16.3. The highest BCUT2D eigenvalue weighted by Crippen LogP contribution is 2.39. The molecule has 3 N–H and O–H groups in total. The zero-order valence-corrected chi connectivity index (χ0v) is 16.3. The minimum absolute atomic E-state index is 0.575. The standard InChI is InChI=1S/C24H25N3O/c1-16-13-17(2)15-18(14-16)19-7-5-8-20(23(19)28-12-6-11-25)24-26-21-9-3-4-10-22(21)27-24/h3-5,7-10,13-15H,6,11-12,25H2,1-2H3,(H,26,27). The molecule has 0 fully saturated rings. The molecule has 0 unspecified atom stereocenters. The summed E-state index contributed by atoms with van der Waals surface area (Å²) in [5, 5.41) is 0. The van der Waals surface area contributed by atoms with Crippen LogP contribution in [0.25, 0.3) is 33.5 Å². The van der Waals surface area contributed by atoms with E-state index in [9.17, 15) is 0 Å². The van der Waals surface area contributed by atoms with Gasteiger partial charge in [-0.05, 0) is 50.6 Å². The fourth-order valence-electron chi connectivity index (χ4n) is 3.57. The molecule has 0 radical (unpaired) electrons. The first-order valence-corrected chi connectivity index (χ1v) is 9.65. The minimum atomic E-state index is 0.575. The molecule has 28 heavy (non-hydrogen) atoms. The van der Waals surface area contributed by atoms with Gasteiger partial charge in [-0.15, -0.1) is 0 Å². The Morgan fingerprint density at radius 3 is 2.43 bits per heavy atom. The predicted octanol–water partition coefficient (Wildman–Crippen LogP) is 5.24. The van der Waals surface area contributed by atoms with Crippen LogP contribution in [0.3, 0.4) is 0 Å². The quantitative estimate of drug-likeness (QED) is 0.456. The molecule has 4 nitrogen and oxygen atoms in total. The maximum absolute atomic E-state index is 6.25. The second-order valence-corrected chi connectivity index (χ2v) is 7.15. The van der Waals surface area contributed by atoms with Gasteiger partial charge in [0.25, 0.3) is 0 Å². The van der Waals surface area contributed by atoms with Crippen LogP contribution < -0.4 is 10.5 Å². The number of imidazole rings is 1. The molecule has 0 spiro atoms. The topological polar surface area (TPSA) is 63.9 Å². The zero-order chi connectivity index (χ0) is 19.5. The van der Waals surface area contributed by atoms with E-state index in [1.807, 2.05) is 24.3 Å². The van der Waals surface area contributed by atoms with E-state index in [4.69, 9.17) is 15.5 Å². The smallest absolute Gasteiger partial charge is 0.142 e. The van der Waals surface area contributed by atoms with Gasteiger partial charge >= 0.3 is 0 Å². The first-order chi connectivity index (χ1) is 13.7. The van der Waals surface area contributed by atoms with Crippen molar-refractivity contribution in [3.63, 3.8) is 0 Å². The van der Waals surface area contributed by atoms with E-state index in [0.29, 0.717) is 13.2 Å². The summed E-state index contributed by atoms with van der Waals surface area (Å²) in [5.41, 5.74) is 13.3. The van der Waals surface area contributed by atoms with Crippen LogP contribution in [0.15, 0.2) is 60.7 Å². The van der Waals surface area contributed by atoms with E-state index in [1.165, 1.54) is 11.1 Å². The Hall–Kier alpha value is -3.11. The number of aromatic amines is 1. The van der Waals surface area contributed by atoms with E-state index in [-0.39, 0.29) is 0 Å². The Morgan fingerprint density at radius 2 is 1.68 bits per heavy atom. The van der Waals surface area contributed by atoms with Gasteiger partial charge in [-0.25, -0.2) is 4.98 Å².